The van der Waals surface area contributed by atoms with Crippen molar-refractivity contribution in [3.63, 3.8) is 0 Å². The van der Waals surface area contributed by atoms with Crippen molar-refractivity contribution in [3.8, 4) is 0 Å². The number of hydrogen-bond acceptors (Lipinski definition) is 3. The molecular formula is C16H33N3. The van der Waals surface area contributed by atoms with Crippen molar-refractivity contribution in [2.24, 2.45) is 11.7 Å². The average molecular weight is 267 g/mol. The summed E-state index contributed by atoms with van der Waals surface area (Å²) in [5.74, 6) is 0.822. The van der Waals surface area contributed by atoms with E-state index < -0.39 is 0 Å². The van der Waals surface area contributed by atoms with Crippen molar-refractivity contribution >= 4 is 0 Å². The standard InChI is InChI=1S/C16H33N3/c1-4-18-10-6-8-16(13-17,9-12-18)19-11-5-7-14(2)15(19)3/h14-15H,4-13,17H2,1-3H3. The lowest BCUT2D eigenvalue weighted by Gasteiger charge is -2.50. The summed E-state index contributed by atoms with van der Waals surface area (Å²) >= 11 is 0. The van der Waals surface area contributed by atoms with Crippen LogP contribution in [0.5, 0.6) is 0 Å². The van der Waals surface area contributed by atoms with Gasteiger partial charge in [-0.25, -0.2) is 0 Å². The molecule has 2 fully saturated rings. The highest BCUT2D eigenvalue weighted by molar-refractivity contribution is 4.98. The Balaban J connectivity index is 2.12. The molecule has 2 heterocycles. The molecule has 0 radical (unpaired) electrons. The van der Waals surface area contributed by atoms with Crippen LogP contribution >= 0.6 is 0 Å². The Morgan fingerprint density at radius 2 is 1.89 bits per heavy atom. The van der Waals surface area contributed by atoms with Gasteiger partial charge in [0.25, 0.3) is 0 Å². The molecule has 3 heteroatoms. The average Bonchev–Trinajstić information content (AvgIpc) is 2.65. The number of nitrogens with two attached hydrogens (primary N) is 1. The van der Waals surface area contributed by atoms with Crippen molar-refractivity contribution in [2.75, 3.05) is 32.7 Å². The fraction of sp³-hybridized carbons (Fsp3) is 1.00. The molecule has 3 unspecified atom stereocenters. The van der Waals surface area contributed by atoms with Gasteiger partial charge in [0.05, 0.1) is 0 Å². The summed E-state index contributed by atoms with van der Waals surface area (Å²) in [6.07, 6.45) is 6.60. The highest BCUT2D eigenvalue weighted by Crippen LogP contribution is 2.35. The predicted octanol–water partition coefficient (Wildman–Crippen LogP) is 2.31. The van der Waals surface area contributed by atoms with E-state index in [2.05, 4.69) is 30.6 Å². The summed E-state index contributed by atoms with van der Waals surface area (Å²) in [7, 11) is 0. The zero-order valence-corrected chi connectivity index (χ0v) is 13.2. The van der Waals surface area contributed by atoms with Crippen LogP contribution in [0.2, 0.25) is 0 Å². The van der Waals surface area contributed by atoms with Crippen molar-refractivity contribution in [1.29, 1.82) is 0 Å². The molecule has 0 aromatic rings. The molecule has 2 aliphatic heterocycles. The molecule has 19 heavy (non-hydrogen) atoms. The van der Waals surface area contributed by atoms with Gasteiger partial charge in [0.2, 0.25) is 0 Å². The third-order valence-corrected chi connectivity index (χ3v) is 5.82. The molecule has 2 N–H and O–H groups in total. The van der Waals surface area contributed by atoms with Gasteiger partial charge in [-0.3, -0.25) is 4.90 Å². The van der Waals surface area contributed by atoms with Crippen LogP contribution in [0.25, 0.3) is 0 Å². The lowest BCUT2D eigenvalue weighted by atomic mass is 9.81. The van der Waals surface area contributed by atoms with Crippen LogP contribution < -0.4 is 5.73 Å². The minimum Gasteiger partial charge on any atom is -0.329 e. The number of rotatable bonds is 3. The molecule has 2 rings (SSSR count). The van der Waals surface area contributed by atoms with Crippen LogP contribution in [0.15, 0.2) is 0 Å². The second-order valence-corrected chi connectivity index (χ2v) is 6.77. The van der Waals surface area contributed by atoms with Gasteiger partial charge in [-0.2, -0.15) is 0 Å². The van der Waals surface area contributed by atoms with E-state index in [0.29, 0.717) is 6.04 Å². The molecular weight excluding hydrogens is 234 g/mol. The monoisotopic (exact) mass is 267 g/mol. The predicted molar refractivity (Wildman–Crippen MR) is 82.3 cm³/mol. The van der Waals surface area contributed by atoms with Gasteiger partial charge in [0, 0.05) is 18.1 Å². The second kappa shape index (κ2) is 6.55. The molecule has 0 aromatic carbocycles. The fourth-order valence-electron chi connectivity index (χ4n) is 4.16. The molecule has 3 atom stereocenters. The summed E-state index contributed by atoms with van der Waals surface area (Å²) in [4.78, 5) is 5.37. The maximum Gasteiger partial charge on any atom is 0.0347 e. The quantitative estimate of drug-likeness (QED) is 0.852. The third-order valence-electron chi connectivity index (χ3n) is 5.82. The molecule has 0 bridgehead atoms. The number of piperidine rings is 1. The largest absolute Gasteiger partial charge is 0.329 e. The van der Waals surface area contributed by atoms with E-state index in [1.54, 1.807) is 0 Å². The number of likely N-dealkylation sites (tertiary alicyclic amines) is 2. The SMILES string of the molecule is CCN1CCCC(CN)(N2CCCC(C)C2C)CC1. The van der Waals surface area contributed by atoms with Crippen LogP contribution in [0, 0.1) is 5.92 Å². The topological polar surface area (TPSA) is 32.5 Å². The molecule has 0 spiro atoms. The number of nitrogens with zero attached hydrogens (tertiary/aromatic N) is 2. The molecule has 0 amide bonds. The van der Waals surface area contributed by atoms with Gasteiger partial charge >= 0.3 is 0 Å². The first-order valence-electron chi connectivity index (χ1n) is 8.32. The lowest BCUT2D eigenvalue weighted by Crippen LogP contribution is -2.60. The Morgan fingerprint density at radius 3 is 2.58 bits per heavy atom. The summed E-state index contributed by atoms with van der Waals surface area (Å²) in [6, 6.07) is 0.700. The van der Waals surface area contributed by atoms with E-state index in [-0.39, 0.29) is 5.54 Å². The zero-order valence-electron chi connectivity index (χ0n) is 13.2. The Labute approximate surface area is 119 Å². The summed E-state index contributed by atoms with van der Waals surface area (Å²) in [5, 5.41) is 0. The minimum absolute atomic E-state index is 0.276. The second-order valence-electron chi connectivity index (χ2n) is 6.77. The van der Waals surface area contributed by atoms with Gasteiger partial charge < -0.3 is 10.6 Å². The van der Waals surface area contributed by atoms with Gasteiger partial charge in [-0.15, -0.1) is 0 Å². The third kappa shape index (κ3) is 3.14. The highest BCUT2D eigenvalue weighted by Gasteiger charge is 2.41. The first-order chi connectivity index (χ1) is 9.13. The molecule has 0 saturated carbocycles. The minimum atomic E-state index is 0.276. The molecule has 2 aliphatic rings. The Kier molecular flexibility index (Phi) is 5.27. The molecule has 0 aromatic heterocycles. The van der Waals surface area contributed by atoms with E-state index in [9.17, 15) is 0 Å². The van der Waals surface area contributed by atoms with E-state index >= 15 is 0 Å². The summed E-state index contributed by atoms with van der Waals surface area (Å²) in [6.45, 7) is 12.9. The van der Waals surface area contributed by atoms with Gasteiger partial charge in [0.1, 0.15) is 0 Å². The smallest absolute Gasteiger partial charge is 0.0347 e. The highest BCUT2D eigenvalue weighted by atomic mass is 15.3. The Hall–Kier alpha value is -0.120. The Morgan fingerprint density at radius 1 is 1.11 bits per heavy atom. The van der Waals surface area contributed by atoms with Crippen molar-refractivity contribution in [1.82, 2.24) is 9.80 Å². The summed E-state index contributed by atoms with van der Waals surface area (Å²) < 4.78 is 0. The maximum atomic E-state index is 6.27. The van der Waals surface area contributed by atoms with Crippen LogP contribution in [-0.2, 0) is 0 Å². The Bertz CT molecular complexity index is 281. The zero-order chi connectivity index (χ0) is 13.9. The van der Waals surface area contributed by atoms with Gasteiger partial charge in [0.15, 0.2) is 0 Å². The normalized spacial score (nSPS) is 39.2. The van der Waals surface area contributed by atoms with Gasteiger partial charge in [-0.1, -0.05) is 13.8 Å². The van der Waals surface area contributed by atoms with E-state index in [1.165, 1.54) is 58.3 Å². The van der Waals surface area contributed by atoms with E-state index in [4.69, 9.17) is 5.73 Å². The molecule has 0 aliphatic carbocycles. The molecule has 3 nitrogen and oxygen atoms in total. The lowest BCUT2D eigenvalue weighted by molar-refractivity contribution is -0.00456. The summed E-state index contributed by atoms with van der Waals surface area (Å²) in [5.41, 5.74) is 6.55. The number of hydrogen-bond donors (Lipinski definition) is 1. The van der Waals surface area contributed by atoms with Crippen LogP contribution in [0.4, 0.5) is 0 Å². The first kappa shape index (κ1) is 15.3. The fourth-order valence-corrected chi connectivity index (χ4v) is 4.16. The van der Waals surface area contributed by atoms with Crippen LogP contribution in [0.1, 0.15) is 52.9 Å². The van der Waals surface area contributed by atoms with E-state index in [0.717, 1.165) is 12.5 Å². The van der Waals surface area contributed by atoms with Gasteiger partial charge in [-0.05, 0) is 71.1 Å². The maximum absolute atomic E-state index is 6.27. The van der Waals surface area contributed by atoms with Crippen molar-refractivity contribution in [2.45, 2.75) is 64.5 Å². The first-order valence-corrected chi connectivity index (χ1v) is 8.32. The molecule has 112 valence electrons. The van der Waals surface area contributed by atoms with E-state index in [1.807, 2.05) is 0 Å². The van der Waals surface area contributed by atoms with Crippen LogP contribution in [-0.4, -0.2) is 54.1 Å². The van der Waals surface area contributed by atoms with Crippen molar-refractivity contribution in [3.05, 3.63) is 0 Å². The molecule has 2 saturated heterocycles. The van der Waals surface area contributed by atoms with Crippen molar-refractivity contribution < 1.29 is 0 Å². The van der Waals surface area contributed by atoms with Crippen LogP contribution in [0.3, 0.4) is 0 Å².